The molecule has 1 aromatic heterocycles. The molecule has 170 valence electrons. The number of benzene rings is 3. The zero-order valence-electron chi connectivity index (χ0n) is 18.9. The van der Waals surface area contributed by atoms with Crippen molar-refractivity contribution in [3.63, 3.8) is 0 Å². The van der Waals surface area contributed by atoms with Crippen LogP contribution in [0, 0.1) is 0 Å². The van der Waals surface area contributed by atoms with E-state index in [1.165, 1.54) is 4.68 Å². The van der Waals surface area contributed by atoms with E-state index < -0.39 is 0 Å². The summed E-state index contributed by atoms with van der Waals surface area (Å²) in [6.07, 6.45) is 2.67. The molecular formula is C25H26N4O4. The maximum absolute atomic E-state index is 12.9. The predicted octanol–water partition coefficient (Wildman–Crippen LogP) is 5.14. The van der Waals surface area contributed by atoms with Crippen molar-refractivity contribution in [2.75, 3.05) is 13.7 Å². The molecule has 0 amide bonds. The van der Waals surface area contributed by atoms with Gasteiger partial charge in [0.2, 0.25) is 0 Å². The van der Waals surface area contributed by atoms with Crippen molar-refractivity contribution in [3.8, 4) is 23.2 Å². The molecule has 0 spiro atoms. The van der Waals surface area contributed by atoms with Gasteiger partial charge in [0.1, 0.15) is 11.5 Å². The molecule has 33 heavy (non-hydrogen) atoms. The fraction of sp³-hybridized carbons (Fsp3) is 0.280. The van der Waals surface area contributed by atoms with Crippen LogP contribution in [0.25, 0.3) is 16.5 Å². The van der Waals surface area contributed by atoms with Crippen molar-refractivity contribution in [3.05, 3.63) is 65.7 Å². The van der Waals surface area contributed by atoms with Gasteiger partial charge < -0.3 is 14.2 Å². The van der Waals surface area contributed by atoms with Gasteiger partial charge >= 0.3 is 12.0 Å². The molecule has 4 rings (SSSR count). The van der Waals surface area contributed by atoms with Crippen LogP contribution in [0.1, 0.15) is 42.6 Å². The summed E-state index contributed by atoms with van der Waals surface area (Å²) >= 11 is 0. The molecule has 0 bridgehead atoms. The number of carbonyl (C=O) groups is 1. The van der Waals surface area contributed by atoms with Gasteiger partial charge in [0.25, 0.3) is 0 Å². The summed E-state index contributed by atoms with van der Waals surface area (Å²) in [4.78, 5) is 12.9. The maximum Gasteiger partial charge on any atom is 0.345 e. The van der Waals surface area contributed by atoms with Crippen LogP contribution in [0.5, 0.6) is 17.5 Å². The molecule has 0 aliphatic heterocycles. The van der Waals surface area contributed by atoms with Crippen LogP contribution in [0.15, 0.2) is 54.6 Å². The summed E-state index contributed by atoms with van der Waals surface area (Å²) in [5, 5.41) is 13.5. The Balaban J connectivity index is 1.91. The van der Waals surface area contributed by atoms with E-state index in [-0.39, 0.29) is 18.6 Å². The third-order valence-corrected chi connectivity index (χ3v) is 5.34. The fourth-order valence-electron chi connectivity index (χ4n) is 3.81. The molecule has 8 nitrogen and oxygen atoms in total. The van der Waals surface area contributed by atoms with E-state index in [2.05, 4.69) is 22.4 Å². The predicted molar refractivity (Wildman–Crippen MR) is 124 cm³/mol. The van der Waals surface area contributed by atoms with Gasteiger partial charge in [0.15, 0.2) is 0 Å². The normalized spacial score (nSPS) is 10.9. The zero-order chi connectivity index (χ0) is 23.2. The molecule has 8 heteroatoms. The van der Waals surface area contributed by atoms with Gasteiger partial charge in [0.05, 0.1) is 30.4 Å². The number of hydrogen-bond acceptors (Lipinski definition) is 7. The highest BCUT2D eigenvalue weighted by Crippen LogP contribution is 2.40. The van der Waals surface area contributed by atoms with Gasteiger partial charge in [-0.1, -0.05) is 48.8 Å². The number of para-hydroxylation sites is 1. The van der Waals surface area contributed by atoms with E-state index in [1.807, 2.05) is 48.5 Å². The van der Waals surface area contributed by atoms with Crippen LogP contribution >= 0.6 is 0 Å². The Morgan fingerprint density at radius 3 is 2.58 bits per heavy atom. The van der Waals surface area contributed by atoms with Gasteiger partial charge in [-0.25, -0.2) is 4.79 Å². The Kier molecular flexibility index (Phi) is 6.83. The lowest BCUT2D eigenvalue weighted by Crippen LogP contribution is -2.10. The molecule has 3 aromatic carbocycles. The minimum atomic E-state index is -0.388. The van der Waals surface area contributed by atoms with Crippen molar-refractivity contribution in [1.29, 1.82) is 0 Å². The minimum absolute atomic E-state index is 0.171. The number of unbranched alkanes of at least 4 members (excludes halogenated alkanes) is 1. The lowest BCUT2D eigenvalue weighted by Gasteiger charge is -2.18. The molecule has 0 fully saturated rings. The lowest BCUT2D eigenvalue weighted by molar-refractivity contribution is 0.0525. The quantitative estimate of drug-likeness (QED) is 0.329. The summed E-state index contributed by atoms with van der Waals surface area (Å²) in [5.41, 5.74) is 2.14. The van der Waals surface area contributed by atoms with Crippen LogP contribution < -0.4 is 9.47 Å². The van der Waals surface area contributed by atoms with Gasteiger partial charge in [-0.05, 0) is 65.4 Å². The fourth-order valence-corrected chi connectivity index (χ4v) is 3.81. The number of aromatic nitrogens is 4. The van der Waals surface area contributed by atoms with Gasteiger partial charge in [-0.15, -0.1) is 0 Å². The second-order valence-corrected chi connectivity index (χ2v) is 7.42. The molecular weight excluding hydrogens is 420 g/mol. The van der Waals surface area contributed by atoms with Crippen LogP contribution in [0.3, 0.4) is 0 Å². The summed E-state index contributed by atoms with van der Waals surface area (Å²) in [6.45, 7) is 4.19. The Hall–Kier alpha value is -3.94. The first kappa shape index (κ1) is 22.3. The van der Waals surface area contributed by atoms with Gasteiger partial charge in [-0.3, -0.25) is 0 Å². The highest BCUT2D eigenvalue weighted by Gasteiger charge is 2.23. The van der Waals surface area contributed by atoms with Crippen LogP contribution in [-0.2, 0) is 11.2 Å². The van der Waals surface area contributed by atoms with Crippen LogP contribution in [-0.4, -0.2) is 39.9 Å². The number of esters is 1. The lowest BCUT2D eigenvalue weighted by atomic mass is 9.93. The molecule has 0 saturated carbocycles. The number of ether oxygens (including phenoxy) is 3. The number of carbonyl (C=O) groups excluding carboxylic acids is 1. The standard InChI is InChI=1S/C25H26N4O4/c1-4-6-13-18-19-14-10-15-21(31-3)23(19)22(16-20(18)24(30)32-5-2)33-25-26-27-28-29(25)17-11-8-7-9-12-17/h7-12,14-16H,4-6,13H2,1-3H3. The summed E-state index contributed by atoms with van der Waals surface area (Å²) in [5.74, 6) is 0.660. The molecule has 0 aliphatic carbocycles. The van der Waals surface area contributed by atoms with E-state index in [9.17, 15) is 4.79 Å². The number of nitrogens with zero attached hydrogens (tertiary/aromatic N) is 4. The molecule has 0 N–H and O–H groups in total. The molecule has 0 aliphatic rings. The third-order valence-electron chi connectivity index (χ3n) is 5.34. The molecule has 0 unspecified atom stereocenters. The van der Waals surface area contributed by atoms with E-state index in [0.717, 1.165) is 41.3 Å². The number of methoxy groups -OCH3 is 1. The molecule has 4 aromatic rings. The highest BCUT2D eigenvalue weighted by atomic mass is 16.5. The molecule has 0 radical (unpaired) electrons. The second kappa shape index (κ2) is 10.1. The SMILES string of the molecule is CCCCc1c(C(=O)OCC)cc(Oc2nnnn2-c2ccccc2)c2c(OC)cccc12. The van der Waals surface area contributed by atoms with Gasteiger partial charge in [0, 0.05) is 0 Å². The van der Waals surface area contributed by atoms with Crippen LogP contribution in [0.2, 0.25) is 0 Å². The van der Waals surface area contributed by atoms with E-state index in [0.29, 0.717) is 17.1 Å². The number of hydrogen-bond donors (Lipinski definition) is 0. The molecule has 0 saturated heterocycles. The average molecular weight is 447 g/mol. The first-order chi connectivity index (χ1) is 16.2. The monoisotopic (exact) mass is 446 g/mol. The first-order valence-electron chi connectivity index (χ1n) is 11.0. The third kappa shape index (κ3) is 4.50. The smallest absolute Gasteiger partial charge is 0.345 e. The number of aryl methyl sites for hydroxylation is 1. The highest BCUT2D eigenvalue weighted by molar-refractivity contribution is 6.04. The van der Waals surface area contributed by atoms with Crippen molar-refractivity contribution < 1.29 is 19.0 Å². The van der Waals surface area contributed by atoms with Crippen molar-refractivity contribution >= 4 is 16.7 Å². The van der Waals surface area contributed by atoms with Gasteiger partial charge in [-0.2, -0.15) is 4.68 Å². The Morgan fingerprint density at radius 2 is 1.85 bits per heavy atom. The summed E-state index contributed by atoms with van der Waals surface area (Å²) in [7, 11) is 1.61. The van der Waals surface area contributed by atoms with Crippen molar-refractivity contribution in [1.82, 2.24) is 20.2 Å². The summed E-state index contributed by atoms with van der Waals surface area (Å²) < 4.78 is 18.7. The van der Waals surface area contributed by atoms with Crippen LogP contribution in [0.4, 0.5) is 0 Å². The van der Waals surface area contributed by atoms with E-state index in [4.69, 9.17) is 14.2 Å². The van der Waals surface area contributed by atoms with E-state index in [1.54, 1.807) is 20.1 Å². The Morgan fingerprint density at radius 1 is 1.03 bits per heavy atom. The Labute approximate surface area is 192 Å². The number of tetrazole rings is 1. The molecule has 1 heterocycles. The summed E-state index contributed by atoms with van der Waals surface area (Å²) in [6, 6.07) is 17.1. The maximum atomic E-state index is 12.9. The largest absolute Gasteiger partial charge is 0.496 e. The number of fused-ring (bicyclic) bond motifs is 1. The van der Waals surface area contributed by atoms with Crippen molar-refractivity contribution in [2.24, 2.45) is 0 Å². The topological polar surface area (TPSA) is 88.4 Å². The number of rotatable bonds is 9. The second-order valence-electron chi connectivity index (χ2n) is 7.42. The Bertz CT molecular complexity index is 1250. The zero-order valence-corrected chi connectivity index (χ0v) is 18.9. The van der Waals surface area contributed by atoms with Crippen molar-refractivity contribution in [2.45, 2.75) is 33.1 Å². The minimum Gasteiger partial charge on any atom is -0.496 e. The molecule has 0 atom stereocenters. The average Bonchev–Trinajstić information content (AvgIpc) is 3.31. The first-order valence-corrected chi connectivity index (χ1v) is 11.0. The van der Waals surface area contributed by atoms with E-state index >= 15 is 0 Å².